The first kappa shape index (κ1) is 26.3. The van der Waals surface area contributed by atoms with E-state index >= 15 is 0 Å². The van der Waals surface area contributed by atoms with E-state index in [4.69, 9.17) is 18.9 Å². The first-order chi connectivity index (χ1) is 16.8. The Morgan fingerprint density at radius 1 is 0.800 bits per heavy atom. The average Bonchev–Trinajstić information content (AvgIpc) is 3.17. The second-order valence-corrected chi connectivity index (χ2v) is 9.82. The van der Waals surface area contributed by atoms with E-state index in [0.29, 0.717) is 13.1 Å². The fraction of sp³-hybridized carbons (Fsp3) is 0.417. The Balaban J connectivity index is 2.01. The number of benzene rings is 2. The maximum Gasteiger partial charge on any atom is 0.340 e. The number of ether oxygens (including phenoxy) is 4. The molecule has 10 nitrogen and oxygen atoms in total. The molecule has 2 aromatic rings. The highest BCUT2D eigenvalue weighted by molar-refractivity contribution is 7.89. The molecule has 0 spiro atoms. The summed E-state index contributed by atoms with van der Waals surface area (Å²) in [6.07, 6.45) is 3.54. The molecule has 190 valence electrons. The molecule has 0 unspecified atom stereocenters. The molecule has 0 saturated carbocycles. The fourth-order valence-corrected chi connectivity index (χ4v) is 5.45. The summed E-state index contributed by atoms with van der Waals surface area (Å²) in [5.41, 5.74) is 0.127. The monoisotopic (exact) mass is 506 g/mol. The van der Waals surface area contributed by atoms with Gasteiger partial charge in [-0.15, -0.1) is 0 Å². The summed E-state index contributed by atoms with van der Waals surface area (Å²) in [6, 6.07) is 6.96. The van der Waals surface area contributed by atoms with Crippen molar-refractivity contribution in [2.45, 2.75) is 30.6 Å². The first-order valence-corrected chi connectivity index (χ1v) is 12.5. The van der Waals surface area contributed by atoms with Crippen molar-refractivity contribution in [1.82, 2.24) is 4.31 Å². The lowest BCUT2D eigenvalue weighted by atomic mass is 10.1. The molecule has 0 aromatic heterocycles. The van der Waals surface area contributed by atoms with E-state index in [1.807, 2.05) is 0 Å². The Morgan fingerprint density at radius 3 is 1.97 bits per heavy atom. The number of hydrogen-bond donors (Lipinski definition) is 1. The van der Waals surface area contributed by atoms with Gasteiger partial charge in [0.05, 0.1) is 50.1 Å². The number of nitrogens with one attached hydrogen (secondary N) is 1. The average molecular weight is 507 g/mol. The third-order valence-corrected chi connectivity index (χ3v) is 7.69. The summed E-state index contributed by atoms with van der Waals surface area (Å²) < 4.78 is 48.6. The van der Waals surface area contributed by atoms with Gasteiger partial charge >= 0.3 is 5.97 Å². The van der Waals surface area contributed by atoms with Gasteiger partial charge in [0.15, 0.2) is 11.5 Å². The highest BCUT2D eigenvalue weighted by Crippen LogP contribution is 2.35. The lowest BCUT2D eigenvalue weighted by molar-refractivity contribution is 0.0601. The van der Waals surface area contributed by atoms with E-state index < -0.39 is 21.9 Å². The molecule has 1 aliphatic heterocycles. The van der Waals surface area contributed by atoms with E-state index in [0.717, 1.165) is 25.7 Å². The molecule has 35 heavy (non-hydrogen) atoms. The van der Waals surface area contributed by atoms with Crippen molar-refractivity contribution in [3.63, 3.8) is 0 Å². The molecule has 1 aliphatic rings. The molecule has 11 heteroatoms. The number of esters is 1. The minimum atomic E-state index is -3.80. The Kier molecular flexibility index (Phi) is 8.57. The van der Waals surface area contributed by atoms with E-state index in [-0.39, 0.29) is 39.0 Å². The lowest BCUT2D eigenvalue weighted by Crippen LogP contribution is -2.32. The van der Waals surface area contributed by atoms with Crippen molar-refractivity contribution in [2.75, 3.05) is 46.8 Å². The largest absolute Gasteiger partial charge is 0.496 e. The number of rotatable bonds is 8. The van der Waals surface area contributed by atoms with E-state index in [1.165, 1.54) is 63.1 Å². The molecule has 1 N–H and O–H groups in total. The van der Waals surface area contributed by atoms with Gasteiger partial charge in [0, 0.05) is 25.2 Å². The van der Waals surface area contributed by atoms with Crippen LogP contribution in [0.2, 0.25) is 0 Å². The number of hydrogen-bond acceptors (Lipinski definition) is 8. The zero-order chi connectivity index (χ0) is 25.6. The highest BCUT2D eigenvalue weighted by atomic mass is 32.2. The van der Waals surface area contributed by atoms with Crippen molar-refractivity contribution < 1.29 is 37.0 Å². The zero-order valence-electron chi connectivity index (χ0n) is 20.3. The van der Waals surface area contributed by atoms with Crippen LogP contribution in [0.15, 0.2) is 35.2 Å². The number of nitrogens with zero attached hydrogens (tertiary/aromatic N) is 1. The smallest absolute Gasteiger partial charge is 0.340 e. The molecular weight excluding hydrogens is 476 g/mol. The van der Waals surface area contributed by atoms with Crippen molar-refractivity contribution in [2.24, 2.45) is 0 Å². The molecule has 3 rings (SSSR count). The normalized spacial score (nSPS) is 14.5. The number of carbonyl (C=O) groups is 2. The summed E-state index contributed by atoms with van der Waals surface area (Å²) in [6.45, 7) is 0.869. The van der Waals surface area contributed by atoms with Crippen LogP contribution in [0, 0.1) is 0 Å². The predicted molar refractivity (Wildman–Crippen MR) is 129 cm³/mol. The molecule has 0 radical (unpaired) electrons. The molecule has 1 heterocycles. The molecule has 2 aromatic carbocycles. The van der Waals surface area contributed by atoms with Gasteiger partial charge in [0.1, 0.15) is 5.75 Å². The van der Waals surface area contributed by atoms with Gasteiger partial charge in [0.25, 0.3) is 5.91 Å². The maximum absolute atomic E-state index is 13.3. The molecule has 1 amide bonds. The maximum atomic E-state index is 13.3. The molecule has 0 aliphatic carbocycles. The predicted octanol–water partition coefficient (Wildman–Crippen LogP) is 3.32. The van der Waals surface area contributed by atoms with Crippen molar-refractivity contribution in [3.05, 3.63) is 41.5 Å². The summed E-state index contributed by atoms with van der Waals surface area (Å²) >= 11 is 0. The number of sulfonamides is 1. The van der Waals surface area contributed by atoms with E-state index in [2.05, 4.69) is 5.32 Å². The van der Waals surface area contributed by atoms with Gasteiger partial charge in [-0.05, 0) is 31.0 Å². The second kappa shape index (κ2) is 11.4. The van der Waals surface area contributed by atoms with Gasteiger partial charge in [-0.3, -0.25) is 4.79 Å². The summed E-state index contributed by atoms with van der Waals surface area (Å²) in [5, 5.41) is 2.65. The van der Waals surface area contributed by atoms with Crippen molar-refractivity contribution >= 4 is 27.6 Å². The standard InChI is InChI=1S/C24H30N2O8S/c1-31-20-10-9-16(35(29,30)26-11-7-5-6-8-12-26)13-18(20)23(27)25-19-15-22(33-3)21(32-2)14-17(19)24(28)34-4/h9-10,13-15H,5-8,11-12H2,1-4H3,(H,25,27). The quantitative estimate of drug-likeness (QED) is 0.542. The summed E-state index contributed by atoms with van der Waals surface area (Å²) in [4.78, 5) is 25.6. The number of amides is 1. The highest BCUT2D eigenvalue weighted by Gasteiger charge is 2.28. The van der Waals surface area contributed by atoms with Crippen LogP contribution < -0.4 is 19.5 Å². The molecular formula is C24H30N2O8S. The zero-order valence-corrected chi connectivity index (χ0v) is 21.1. The van der Waals surface area contributed by atoms with Crippen molar-refractivity contribution in [3.8, 4) is 17.2 Å². The third kappa shape index (κ3) is 5.68. The van der Waals surface area contributed by atoms with Crippen LogP contribution in [-0.4, -0.2) is 66.1 Å². The van der Waals surface area contributed by atoms with E-state index in [1.54, 1.807) is 0 Å². The lowest BCUT2D eigenvalue weighted by Gasteiger charge is -2.21. The van der Waals surface area contributed by atoms with Crippen LogP contribution in [0.5, 0.6) is 17.2 Å². The molecule has 1 fully saturated rings. The van der Waals surface area contributed by atoms with Crippen LogP contribution in [0.1, 0.15) is 46.4 Å². The fourth-order valence-electron chi connectivity index (χ4n) is 3.91. The minimum absolute atomic E-state index is 0.00556. The van der Waals surface area contributed by atoms with Crippen LogP contribution in [0.3, 0.4) is 0 Å². The Labute approximate surface area is 205 Å². The Morgan fingerprint density at radius 2 is 1.40 bits per heavy atom. The SMILES string of the molecule is COC(=O)c1cc(OC)c(OC)cc1NC(=O)c1cc(S(=O)(=O)N2CCCCCC2)ccc1OC. The van der Waals surface area contributed by atoms with Gasteiger partial charge in [-0.25, -0.2) is 13.2 Å². The van der Waals surface area contributed by atoms with Crippen LogP contribution in [-0.2, 0) is 14.8 Å². The minimum Gasteiger partial charge on any atom is -0.496 e. The van der Waals surface area contributed by atoms with Crippen LogP contribution >= 0.6 is 0 Å². The van der Waals surface area contributed by atoms with E-state index in [9.17, 15) is 18.0 Å². The number of anilines is 1. The number of methoxy groups -OCH3 is 4. The van der Waals surface area contributed by atoms with Gasteiger partial charge < -0.3 is 24.3 Å². The number of carbonyl (C=O) groups excluding carboxylic acids is 2. The summed E-state index contributed by atoms with van der Waals surface area (Å²) in [5.74, 6) is -0.649. The Bertz CT molecular complexity index is 1190. The molecule has 0 atom stereocenters. The van der Waals surface area contributed by atoms with Crippen LogP contribution in [0.25, 0.3) is 0 Å². The van der Waals surface area contributed by atoms with Gasteiger partial charge in [-0.2, -0.15) is 4.31 Å². The first-order valence-electron chi connectivity index (χ1n) is 11.1. The van der Waals surface area contributed by atoms with Crippen LogP contribution in [0.4, 0.5) is 5.69 Å². The van der Waals surface area contributed by atoms with Gasteiger partial charge in [0.2, 0.25) is 10.0 Å². The molecule has 1 saturated heterocycles. The summed E-state index contributed by atoms with van der Waals surface area (Å²) in [7, 11) is 1.63. The van der Waals surface area contributed by atoms with Gasteiger partial charge in [-0.1, -0.05) is 12.8 Å². The Hall–Kier alpha value is -3.31. The topological polar surface area (TPSA) is 120 Å². The van der Waals surface area contributed by atoms with Crippen molar-refractivity contribution in [1.29, 1.82) is 0 Å². The third-order valence-electron chi connectivity index (χ3n) is 5.80. The second-order valence-electron chi connectivity index (χ2n) is 7.88. The molecule has 0 bridgehead atoms.